The number of aliphatic hydroxyl groups excluding tert-OH is 1. The van der Waals surface area contributed by atoms with Crippen molar-refractivity contribution in [3.63, 3.8) is 0 Å². The van der Waals surface area contributed by atoms with E-state index in [1.165, 1.54) is 5.56 Å². The summed E-state index contributed by atoms with van der Waals surface area (Å²) in [5.41, 5.74) is 2.65. The maximum atomic E-state index is 12.3. The molecule has 1 aliphatic heterocycles. The molecule has 1 fully saturated rings. The number of aliphatic hydroxyl groups is 1. The average molecular weight is 455 g/mol. The standard InChI is InChI=1S/C26H38N4O3/c1-5-21-15-27-26(28-16-21)30-11-8-22(9-12-30)18(2)10-13-33-23-6-7-24(19(3)14-23)25(32)29-20(4)17-31/h6-7,14-16,18,20,22,31H,5,8-13,17H2,1-4H3,(H,29,32)/t18?,20-/m1/s1. The van der Waals surface area contributed by atoms with Gasteiger partial charge >= 0.3 is 0 Å². The largest absolute Gasteiger partial charge is 0.494 e. The first-order valence-electron chi connectivity index (χ1n) is 12.1. The molecule has 2 atom stereocenters. The summed E-state index contributed by atoms with van der Waals surface area (Å²) in [7, 11) is 0. The quantitative estimate of drug-likeness (QED) is 0.568. The number of hydrogen-bond donors (Lipinski definition) is 2. The molecule has 0 radical (unpaired) electrons. The van der Waals surface area contributed by atoms with Gasteiger partial charge in [-0.2, -0.15) is 0 Å². The van der Waals surface area contributed by atoms with E-state index in [9.17, 15) is 4.79 Å². The summed E-state index contributed by atoms with van der Waals surface area (Å²) in [6.07, 6.45) is 8.13. The van der Waals surface area contributed by atoms with Crippen molar-refractivity contribution in [3.05, 3.63) is 47.3 Å². The lowest BCUT2D eigenvalue weighted by atomic mass is 9.84. The van der Waals surface area contributed by atoms with E-state index in [1.807, 2.05) is 31.5 Å². The zero-order valence-corrected chi connectivity index (χ0v) is 20.4. The van der Waals surface area contributed by atoms with Gasteiger partial charge in [0.05, 0.1) is 13.2 Å². The van der Waals surface area contributed by atoms with Crippen molar-refractivity contribution in [2.45, 2.75) is 59.4 Å². The number of benzene rings is 1. The monoisotopic (exact) mass is 454 g/mol. The third-order valence-electron chi connectivity index (χ3n) is 6.66. The number of nitrogens with one attached hydrogen (secondary N) is 1. The second-order valence-corrected chi connectivity index (χ2v) is 9.22. The van der Waals surface area contributed by atoms with Crippen LogP contribution in [-0.2, 0) is 6.42 Å². The van der Waals surface area contributed by atoms with Crippen molar-refractivity contribution in [2.24, 2.45) is 11.8 Å². The van der Waals surface area contributed by atoms with Crippen LogP contribution in [0.4, 0.5) is 5.95 Å². The summed E-state index contributed by atoms with van der Waals surface area (Å²) < 4.78 is 6.00. The number of nitrogens with zero attached hydrogens (tertiary/aromatic N) is 3. The van der Waals surface area contributed by atoms with Crippen LogP contribution >= 0.6 is 0 Å². The van der Waals surface area contributed by atoms with Gasteiger partial charge in [0, 0.05) is 37.1 Å². The van der Waals surface area contributed by atoms with Crippen LogP contribution in [0.25, 0.3) is 0 Å². The van der Waals surface area contributed by atoms with Crippen LogP contribution in [0.5, 0.6) is 5.75 Å². The Kier molecular flexibility index (Phi) is 9.06. The second-order valence-electron chi connectivity index (χ2n) is 9.22. The Morgan fingerprint density at radius 3 is 2.55 bits per heavy atom. The smallest absolute Gasteiger partial charge is 0.251 e. The maximum absolute atomic E-state index is 12.3. The Balaban J connectivity index is 1.42. The fourth-order valence-electron chi connectivity index (χ4n) is 4.29. The van der Waals surface area contributed by atoms with E-state index >= 15 is 0 Å². The molecular formula is C26H38N4O3. The first-order valence-corrected chi connectivity index (χ1v) is 12.1. The second kappa shape index (κ2) is 12.0. The number of anilines is 1. The number of carbonyl (C=O) groups is 1. The highest BCUT2D eigenvalue weighted by atomic mass is 16.5. The molecule has 1 aromatic heterocycles. The number of rotatable bonds is 10. The average Bonchev–Trinajstić information content (AvgIpc) is 2.84. The van der Waals surface area contributed by atoms with Crippen LogP contribution in [0.2, 0.25) is 0 Å². The molecule has 1 aromatic carbocycles. The molecule has 7 heteroatoms. The summed E-state index contributed by atoms with van der Waals surface area (Å²) in [4.78, 5) is 23.6. The molecule has 1 aliphatic rings. The number of piperidine rings is 1. The Hall–Kier alpha value is -2.67. The van der Waals surface area contributed by atoms with Crippen molar-refractivity contribution in [2.75, 3.05) is 31.2 Å². The summed E-state index contributed by atoms with van der Waals surface area (Å²) in [6, 6.07) is 5.28. The predicted molar refractivity (Wildman–Crippen MR) is 131 cm³/mol. The van der Waals surface area contributed by atoms with Crippen LogP contribution in [0.3, 0.4) is 0 Å². The summed E-state index contributed by atoms with van der Waals surface area (Å²) in [5, 5.41) is 11.9. The molecule has 0 spiro atoms. The van der Waals surface area contributed by atoms with E-state index < -0.39 is 0 Å². The van der Waals surface area contributed by atoms with Gasteiger partial charge in [-0.05, 0) is 80.7 Å². The number of aromatic nitrogens is 2. The Morgan fingerprint density at radius 2 is 1.94 bits per heavy atom. The van der Waals surface area contributed by atoms with Gasteiger partial charge in [-0.1, -0.05) is 13.8 Å². The number of amides is 1. The highest BCUT2D eigenvalue weighted by Crippen LogP contribution is 2.29. The minimum Gasteiger partial charge on any atom is -0.494 e. The lowest BCUT2D eigenvalue weighted by Gasteiger charge is -2.35. The Morgan fingerprint density at radius 1 is 1.24 bits per heavy atom. The molecule has 0 bridgehead atoms. The minimum atomic E-state index is -0.268. The molecule has 2 aromatic rings. The molecule has 0 aliphatic carbocycles. The minimum absolute atomic E-state index is 0.0803. The van der Waals surface area contributed by atoms with E-state index in [-0.39, 0.29) is 18.6 Å². The summed E-state index contributed by atoms with van der Waals surface area (Å²) in [6.45, 7) is 10.7. The highest BCUT2D eigenvalue weighted by Gasteiger charge is 2.25. The molecule has 180 valence electrons. The van der Waals surface area contributed by atoms with Gasteiger partial charge in [0.25, 0.3) is 5.91 Å². The zero-order valence-electron chi connectivity index (χ0n) is 20.4. The summed E-state index contributed by atoms with van der Waals surface area (Å²) >= 11 is 0. The van der Waals surface area contributed by atoms with Crippen molar-refractivity contribution in [1.82, 2.24) is 15.3 Å². The molecule has 2 heterocycles. The van der Waals surface area contributed by atoms with Gasteiger partial charge in [-0.25, -0.2) is 9.97 Å². The zero-order chi connectivity index (χ0) is 23.8. The fourth-order valence-corrected chi connectivity index (χ4v) is 4.29. The van der Waals surface area contributed by atoms with E-state index in [4.69, 9.17) is 9.84 Å². The third-order valence-corrected chi connectivity index (χ3v) is 6.66. The van der Waals surface area contributed by atoms with Crippen LogP contribution < -0.4 is 15.0 Å². The SMILES string of the molecule is CCc1cnc(N2CCC(C(C)CCOc3ccc(C(=O)N[C@H](C)CO)c(C)c3)CC2)nc1. The van der Waals surface area contributed by atoms with Crippen molar-refractivity contribution >= 4 is 11.9 Å². The molecule has 1 unspecified atom stereocenters. The molecule has 1 saturated heterocycles. The van der Waals surface area contributed by atoms with E-state index in [0.29, 0.717) is 24.0 Å². The fraction of sp³-hybridized carbons (Fsp3) is 0.577. The maximum Gasteiger partial charge on any atom is 0.251 e. The number of hydrogen-bond acceptors (Lipinski definition) is 6. The van der Waals surface area contributed by atoms with Crippen LogP contribution in [0.15, 0.2) is 30.6 Å². The lowest BCUT2D eigenvalue weighted by Crippen LogP contribution is -2.37. The molecule has 1 amide bonds. The van der Waals surface area contributed by atoms with Crippen molar-refractivity contribution in [3.8, 4) is 5.75 Å². The number of carbonyl (C=O) groups excluding carboxylic acids is 1. The van der Waals surface area contributed by atoms with E-state index in [2.05, 4.69) is 34.0 Å². The van der Waals surface area contributed by atoms with Crippen LogP contribution in [-0.4, -0.2) is 53.3 Å². The normalized spacial score (nSPS) is 16.3. The van der Waals surface area contributed by atoms with Crippen molar-refractivity contribution < 1.29 is 14.6 Å². The number of aryl methyl sites for hydroxylation is 2. The van der Waals surface area contributed by atoms with Gasteiger partial charge in [-0.15, -0.1) is 0 Å². The Bertz CT molecular complexity index is 895. The van der Waals surface area contributed by atoms with E-state index in [1.54, 1.807) is 13.0 Å². The molecule has 33 heavy (non-hydrogen) atoms. The van der Waals surface area contributed by atoms with Gasteiger partial charge in [0.2, 0.25) is 5.95 Å². The lowest BCUT2D eigenvalue weighted by molar-refractivity contribution is 0.0921. The molecule has 0 saturated carbocycles. The predicted octanol–water partition coefficient (Wildman–Crippen LogP) is 3.78. The van der Waals surface area contributed by atoms with Gasteiger partial charge in [-0.3, -0.25) is 4.79 Å². The topological polar surface area (TPSA) is 87.6 Å². The van der Waals surface area contributed by atoms with Gasteiger partial charge in [0.15, 0.2) is 0 Å². The van der Waals surface area contributed by atoms with Gasteiger partial charge < -0.3 is 20.1 Å². The van der Waals surface area contributed by atoms with Crippen molar-refractivity contribution in [1.29, 1.82) is 0 Å². The molecule has 2 N–H and O–H groups in total. The third kappa shape index (κ3) is 6.90. The number of ether oxygens (including phenoxy) is 1. The Labute approximate surface area is 197 Å². The van der Waals surface area contributed by atoms with Gasteiger partial charge in [0.1, 0.15) is 5.75 Å². The first-order chi connectivity index (χ1) is 15.9. The van der Waals surface area contributed by atoms with E-state index in [0.717, 1.165) is 56.0 Å². The summed E-state index contributed by atoms with van der Waals surface area (Å²) in [5.74, 6) is 2.73. The first kappa shape index (κ1) is 25.0. The van der Waals surface area contributed by atoms with Crippen LogP contribution in [0.1, 0.15) is 61.5 Å². The molecule has 7 nitrogen and oxygen atoms in total. The van der Waals surface area contributed by atoms with Crippen LogP contribution in [0, 0.1) is 18.8 Å². The molecular weight excluding hydrogens is 416 g/mol. The molecule has 3 rings (SSSR count). The highest BCUT2D eigenvalue weighted by molar-refractivity contribution is 5.95.